The van der Waals surface area contributed by atoms with E-state index in [1.165, 1.54) is 18.7 Å². The number of benzene rings is 2. The van der Waals surface area contributed by atoms with Gasteiger partial charge in [0.05, 0.1) is 17.1 Å². The number of para-hydroxylation sites is 1. The minimum atomic E-state index is -0.787. The van der Waals surface area contributed by atoms with Gasteiger partial charge in [0.2, 0.25) is 5.91 Å². The maximum Gasteiger partial charge on any atom is 0.325 e. The van der Waals surface area contributed by atoms with Gasteiger partial charge >= 0.3 is 6.17 Å². The number of hydrogen-bond acceptors (Lipinski definition) is 6. The molecule has 1 aliphatic rings. The molecule has 4 aromatic rings. The Balaban J connectivity index is 1.71. The van der Waals surface area contributed by atoms with Crippen LogP contribution >= 0.6 is 27.7 Å². The number of furan rings is 1. The van der Waals surface area contributed by atoms with Crippen LogP contribution in [0.4, 0.5) is 5.69 Å². The first-order valence-electron chi connectivity index (χ1n) is 10.5. The van der Waals surface area contributed by atoms with E-state index in [4.69, 9.17) is 4.42 Å². The van der Waals surface area contributed by atoms with Gasteiger partial charge in [0.15, 0.2) is 5.76 Å². The van der Waals surface area contributed by atoms with Crippen molar-refractivity contribution in [2.45, 2.75) is 18.2 Å². The van der Waals surface area contributed by atoms with E-state index in [1.54, 1.807) is 21.7 Å². The van der Waals surface area contributed by atoms with Gasteiger partial charge in [-0.3, -0.25) is 4.79 Å². The molecule has 1 aliphatic heterocycles. The van der Waals surface area contributed by atoms with Crippen molar-refractivity contribution in [2.75, 3.05) is 10.7 Å². The molecule has 0 fully saturated rings. The smallest absolute Gasteiger partial charge is 0.325 e. The van der Waals surface area contributed by atoms with Crippen LogP contribution in [0, 0.1) is 0 Å². The molecule has 0 N–H and O–H groups in total. The first-order valence-corrected chi connectivity index (χ1v) is 12.2. The fourth-order valence-corrected chi connectivity index (χ4v) is 4.81. The van der Waals surface area contributed by atoms with E-state index < -0.39 is 12.0 Å². The van der Waals surface area contributed by atoms with Crippen LogP contribution < -0.4 is 14.7 Å². The van der Waals surface area contributed by atoms with Crippen LogP contribution in [0.3, 0.4) is 0 Å². The summed E-state index contributed by atoms with van der Waals surface area (Å²) in [5.41, 5.74) is 2.40. The lowest BCUT2D eigenvalue weighted by atomic mass is 10.0. The molecule has 0 aliphatic carbocycles. The highest BCUT2D eigenvalue weighted by Gasteiger charge is 2.45. The summed E-state index contributed by atoms with van der Waals surface area (Å²) in [4.78, 5) is 18.7. The van der Waals surface area contributed by atoms with Gasteiger partial charge in [-0.15, -0.1) is 6.58 Å². The average Bonchev–Trinajstić information content (AvgIpc) is 3.31. The predicted molar refractivity (Wildman–Crippen MR) is 131 cm³/mol. The second kappa shape index (κ2) is 9.08. The van der Waals surface area contributed by atoms with Crippen molar-refractivity contribution in [1.29, 1.82) is 0 Å². The van der Waals surface area contributed by atoms with Gasteiger partial charge in [-0.1, -0.05) is 58.0 Å². The van der Waals surface area contributed by atoms with Crippen molar-refractivity contribution in [3.05, 3.63) is 83.6 Å². The van der Waals surface area contributed by atoms with E-state index in [0.717, 1.165) is 10.0 Å². The molecule has 7 nitrogen and oxygen atoms in total. The highest BCUT2D eigenvalue weighted by molar-refractivity contribution is 9.10. The summed E-state index contributed by atoms with van der Waals surface area (Å²) in [5, 5.41) is 18.1. The van der Waals surface area contributed by atoms with Gasteiger partial charge in [-0.2, -0.15) is 0 Å². The summed E-state index contributed by atoms with van der Waals surface area (Å²) in [6.07, 6.45) is 0.930. The summed E-state index contributed by atoms with van der Waals surface area (Å²) in [6, 6.07) is 18.7. The lowest BCUT2D eigenvalue weighted by molar-refractivity contribution is -0.765. The monoisotopic (exact) mass is 534 g/mol. The molecule has 0 saturated carbocycles. The minimum Gasteiger partial charge on any atom is -0.854 e. The van der Waals surface area contributed by atoms with Gasteiger partial charge in [0.1, 0.15) is 5.76 Å². The van der Waals surface area contributed by atoms with Crippen molar-refractivity contribution in [3.8, 4) is 28.5 Å². The summed E-state index contributed by atoms with van der Waals surface area (Å²) in [5.74, 6) is 1.05. The summed E-state index contributed by atoms with van der Waals surface area (Å²) in [7, 11) is 0. The van der Waals surface area contributed by atoms with E-state index in [0.29, 0.717) is 39.4 Å². The van der Waals surface area contributed by atoms with E-state index in [2.05, 4.69) is 32.6 Å². The molecule has 1 atom stereocenters. The molecule has 0 radical (unpaired) electrons. The molecule has 1 unspecified atom stereocenters. The number of hydrogen-bond donors (Lipinski definition) is 0. The first-order chi connectivity index (χ1) is 16.5. The maximum atomic E-state index is 13.2. The van der Waals surface area contributed by atoms with Crippen molar-refractivity contribution in [2.24, 2.45) is 0 Å². The Morgan fingerprint density at radius 2 is 2.00 bits per heavy atom. The van der Waals surface area contributed by atoms with Crippen LogP contribution in [0.25, 0.3) is 22.6 Å². The topological polar surface area (TPSA) is 86.2 Å². The van der Waals surface area contributed by atoms with Crippen molar-refractivity contribution in [3.63, 3.8) is 0 Å². The molecule has 5 rings (SSSR count). The van der Waals surface area contributed by atoms with Crippen LogP contribution in [0.2, 0.25) is 0 Å². The number of fused-ring (bicyclic) bond motifs is 3. The molecular weight excluding hydrogens is 516 g/mol. The number of carbonyl (C=O) groups excluding carboxylic acids is 1. The van der Waals surface area contributed by atoms with Crippen molar-refractivity contribution in [1.82, 2.24) is 10.1 Å². The van der Waals surface area contributed by atoms with Gasteiger partial charge < -0.3 is 9.52 Å². The second-order valence-electron chi connectivity index (χ2n) is 7.58. The average molecular weight is 535 g/mol. The first kappa shape index (κ1) is 22.4. The largest absolute Gasteiger partial charge is 0.854 e. The van der Waals surface area contributed by atoms with Gasteiger partial charge in [0, 0.05) is 27.8 Å². The number of carbonyl (C=O) groups is 1. The van der Waals surface area contributed by atoms with Gasteiger partial charge in [-0.05, 0) is 41.1 Å². The third-order valence-electron chi connectivity index (χ3n) is 5.40. The number of anilines is 1. The number of halogens is 1. The Hall–Kier alpha value is -3.43. The zero-order valence-electron chi connectivity index (χ0n) is 18.1. The number of rotatable bonds is 5. The number of amides is 1. The van der Waals surface area contributed by atoms with Crippen LogP contribution in [-0.4, -0.2) is 21.7 Å². The molecule has 1 amide bonds. The Labute approximate surface area is 208 Å². The lowest BCUT2D eigenvalue weighted by Crippen LogP contribution is -2.58. The molecule has 2 aromatic carbocycles. The summed E-state index contributed by atoms with van der Waals surface area (Å²) < 4.78 is 8.76. The van der Waals surface area contributed by atoms with Crippen LogP contribution in [-0.2, 0) is 4.79 Å². The molecule has 2 aromatic heterocycles. The molecule has 9 heteroatoms. The Bertz CT molecular complexity index is 1400. The molecule has 0 bridgehead atoms. The third kappa shape index (κ3) is 3.91. The van der Waals surface area contributed by atoms with E-state index in [-0.39, 0.29) is 5.91 Å². The zero-order valence-corrected chi connectivity index (χ0v) is 20.5. The molecular formula is C25H19BrN4O3S. The lowest BCUT2D eigenvalue weighted by Gasteiger charge is -2.31. The zero-order chi connectivity index (χ0) is 23.8. The molecule has 170 valence electrons. The van der Waals surface area contributed by atoms with Crippen molar-refractivity contribution < 1.29 is 19.0 Å². The number of aromatic nitrogens is 3. The molecule has 34 heavy (non-hydrogen) atoms. The van der Waals surface area contributed by atoms with Crippen LogP contribution in [0.1, 0.15) is 18.8 Å². The summed E-state index contributed by atoms with van der Waals surface area (Å²) in [6.45, 7) is 5.20. The predicted octanol–water partition coefficient (Wildman–Crippen LogP) is 4.72. The molecule has 0 spiro atoms. The summed E-state index contributed by atoms with van der Waals surface area (Å²) >= 11 is 4.74. The maximum absolute atomic E-state index is 13.2. The van der Waals surface area contributed by atoms with Crippen molar-refractivity contribution >= 4 is 39.3 Å². The van der Waals surface area contributed by atoms with E-state index in [1.807, 2.05) is 54.6 Å². The molecule has 3 heterocycles. The minimum absolute atomic E-state index is 0.205. The Morgan fingerprint density at radius 3 is 2.74 bits per heavy atom. The quantitative estimate of drug-likeness (QED) is 0.209. The standard InChI is InChI=1S/C25H19BrN4O3S/c1-3-14-34-25-27-23(32)22-18-6-4-5-7-19(18)29(15(2)31)24(30(22)28-25)21-13-12-20(33-21)16-8-10-17(26)11-9-16/h3-13,24H,1,14H2,2H3. The van der Waals surface area contributed by atoms with E-state index in [9.17, 15) is 9.90 Å². The van der Waals surface area contributed by atoms with Gasteiger partial charge in [0.25, 0.3) is 10.9 Å². The fraction of sp³-hybridized carbons (Fsp3) is 0.120. The number of thioether (sulfide) groups is 1. The fourth-order valence-electron chi connectivity index (χ4n) is 3.99. The van der Waals surface area contributed by atoms with Crippen LogP contribution in [0.5, 0.6) is 5.88 Å². The second-order valence-corrected chi connectivity index (χ2v) is 9.48. The third-order valence-corrected chi connectivity index (χ3v) is 6.76. The highest BCUT2D eigenvalue weighted by Crippen LogP contribution is 2.41. The SMILES string of the molecule is C=CCSc1nc([O-])c2[n+](n1)C(c1ccc(-c3ccc(Br)cc3)o1)N(C(C)=O)c1ccccc1-2. The van der Waals surface area contributed by atoms with E-state index >= 15 is 0 Å². The Kier molecular flexibility index (Phi) is 5.97. The van der Waals surface area contributed by atoms with Crippen LogP contribution in [0.15, 0.2) is 87.4 Å². The Morgan fingerprint density at radius 1 is 1.24 bits per heavy atom. The highest BCUT2D eigenvalue weighted by atomic mass is 79.9. The molecule has 0 saturated heterocycles. The van der Waals surface area contributed by atoms with Gasteiger partial charge in [-0.25, -0.2) is 9.88 Å². The normalized spacial score (nSPS) is 14.4. The number of nitrogens with zero attached hydrogens (tertiary/aromatic N) is 4.